The van der Waals surface area contributed by atoms with Gasteiger partial charge in [0, 0.05) is 18.0 Å². The van der Waals surface area contributed by atoms with Gasteiger partial charge in [0.2, 0.25) is 0 Å². The second kappa shape index (κ2) is 7.99. The number of hydrogen-bond acceptors (Lipinski definition) is 5. The molecule has 5 nitrogen and oxygen atoms in total. The minimum atomic E-state index is -0.640. The van der Waals surface area contributed by atoms with Gasteiger partial charge in [-0.1, -0.05) is 6.42 Å². The van der Waals surface area contributed by atoms with E-state index in [2.05, 4.69) is 5.32 Å². The number of ether oxygens (including phenoxy) is 2. The highest BCUT2D eigenvalue weighted by Crippen LogP contribution is 2.27. The molecule has 1 aromatic rings. The molecule has 1 aromatic carbocycles. The minimum Gasteiger partial charge on any atom is -0.497 e. The van der Waals surface area contributed by atoms with Crippen molar-refractivity contribution >= 4 is 17.4 Å². The zero-order chi connectivity index (χ0) is 16.8. The quantitative estimate of drug-likeness (QED) is 0.816. The summed E-state index contributed by atoms with van der Waals surface area (Å²) in [5, 5.41) is 3.18. The molecule has 1 aliphatic carbocycles. The highest BCUT2D eigenvalue weighted by molar-refractivity contribution is 5.91. The molecule has 1 aliphatic rings. The summed E-state index contributed by atoms with van der Waals surface area (Å²) < 4.78 is 10.5. The molecule has 1 fully saturated rings. The van der Waals surface area contributed by atoms with Gasteiger partial charge in [-0.3, -0.25) is 4.79 Å². The molecule has 5 heteroatoms. The van der Waals surface area contributed by atoms with Gasteiger partial charge >= 0.3 is 5.97 Å². The van der Waals surface area contributed by atoms with Gasteiger partial charge in [0.15, 0.2) is 0 Å². The first kappa shape index (κ1) is 17.3. The van der Waals surface area contributed by atoms with E-state index in [1.807, 2.05) is 38.1 Å². The van der Waals surface area contributed by atoms with Gasteiger partial charge < -0.3 is 14.8 Å². The molecule has 0 amide bonds. The molecule has 0 unspecified atom stereocenters. The second-order valence-corrected chi connectivity index (χ2v) is 6.15. The maximum absolute atomic E-state index is 12.5. The minimum absolute atomic E-state index is 0.142. The van der Waals surface area contributed by atoms with Crippen LogP contribution in [0.15, 0.2) is 24.3 Å². The number of carbonyl (C=O) groups excluding carboxylic acids is 2. The molecule has 0 aromatic heterocycles. The second-order valence-electron chi connectivity index (χ2n) is 6.15. The number of esters is 1. The van der Waals surface area contributed by atoms with Crippen molar-refractivity contribution in [3.05, 3.63) is 24.3 Å². The molecule has 0 radical (unpaired) electrons. The smallest absolute Gasteiger partial charge is 0.329 e. The Morgan fingerprint density at radius 3 is 2.48 bits per heavy atom. The Labute approximate surface area is 137 Å². The summed E-state index contributed by atoms with van der Waals surface area (Å²) in [5.41, 5.74) is 0.773. The predicted octanol–water partition coefficient (Wildman–Crippen LogP) is 3.19. The van der Waals surface area contributed by atoms with Crippen LogP contribution in [-0.4, -0.2) is 31.0 Å². The van der Waals surface area contributed by atoms with E-state index in [4.69, 9.17) is 9.47 Å². The van der Waals surface area contributed by atoms with Crippen molar-refractivity contribution in [3.8, 4) is 5.75 Å². The zero-order valence-electron chi connectivity index (χ0n) is 14.0. The van der Waals surface area contributed by atoms with E-state index in [0.717, 1.165) is 30.7 Å². The van der Waals surface area contributed by atoms with Crippen molar-refractivity contribution in [3.63, 3.8) is 0 Å². The van der Waals surface area contributed by atoms with Crippen LogP contribution >= 0.6 is 0 Å². The maximum atomic E-state index is 12.5. The van der Waals surface area contributed by atoms with Gasteiger partial charge in [-0.2, -0.15) is 0 Å². The predicted molar refractivity (Wildman–Crippen MR) is 88.6 cm³/mol. The van der Waals surface area contributed by atoms with Crippen LogP contribution in [0.1, 0.15) is 39.5 Å². The van der Waals surface area contributed by atoms with Gasteiger partial charge in [-0.25, -0.2) is 4.79 Å². The standard InChI is InChI=1S/C18H25NO4/c1-12(2)23-18(21)17(15-6-4-5-7-16(15)20)19-13-8-10-14(22-3)11-9-13/h8-12,15,17,19H,4-7H2,1-3H3/t15-,17-/m0/s1. The molecule has 1 N–H and O–H groups in total. The summed E-state index contributed by atoms with van der Waals surface area (Å²) in [6.45, 7) is 3.62. The number of Topliss-reactive ketones (excluding diaryl/α,β-unsaturated/α-hetero) is 1. The van der Waals surface area contributed by atoms with E-state index in [-0.39, 0.29) is 23.8 Å². The van der Waals surface area contributed by atoms with E-state index in [0.29, 0.717) is 6.42 Å². The molecule has 0 saturated heterocycles. The number of rotatable bonds is 6. The van der Waals surface area contributed by atoms with Gasteiger partial charge in [0.25, 0.3) is 0 Å². The highest BCUT2D eigenvalue weighted by Gasteiger charge is 2.36. The lowest BCUT2D eigenvalue weighted by molar-refractivity contribution is -0.151. The van der Waals surface area contributed by atoms with Crippen LogP contribution in [0.5, 0.6) is 5.75 Å². The van der Waals surface area contributed by atoms with Crippen molar-refractivity contribution < 1.29 is 19.1 Å². The fraction of sp³-hybridized carbons (Fsp3) is 0.556. The van der Waals surface area contributed by atoms with Gasteiger partial charge in [-0.15, -0.1) is 0 Å². The van der Waals surface area contributed by atoms with Gasteiger partial charge in [0.05, 0.1) is 13.2 Å². The number of carbonyl (C=O) groups is 2. The average Bonchev–Trinajstić information content (AvgIpc) is 2.53. The monoisotopic (exact) mass is 319 g/mol. The lowest BCUT2D eigenvalue weighted by Gasteiger charge is -2.29. The van der Waals surface area contributed by atoms with Crippen molar-refractivity contribution in [1.82, 2.24) is 0 Å². The summed E-state index contributed by atoms with van der Waals surface area (Å²) in [7, 11) is 1.60. The summed E-state index contributed by atoms with van der Waals surface area (Å²) in [5.74, 6) is 0.196. The van der Waals surface area contributed by atoms with Crippen molar-refractivity contribution in [2.75, 3.05) is 12.4 Å². The lowest BCUT2D eigenvalue weighted by atomic mass is 9.82. The molecule has 2 rings (SSSR count). The number of hydrogen-bond donors (Lipinski definition) is 1. The average molecular weight is 319 g/mol. The van der Waals surface area contributed by atoms with E-state index in [9.17, 15) is 9.59 Å². The van der Waals surface area contributed by atoms with Crippen molar-refractivity contribution in [2.24, 2.45) is 5.92 Å². The fourth-order valence-corrected chi connectivity index (χ4v) is 2.86. The van der Waals surface area contributed by atoms with E-state index < -0.39 is 6.04 Å². The van der Waals surface area contributed by atoms with E-state index in [1.165, 1.54) is 0 Å². The molecule has 0 aliphatic heterocycles. The van der Waals surface area contributed by atoms with Crippen LogP contribution in [-0.2, 0) is 14.3 Å². The summed E-state index contributed by atoms with van der Waals surface area (Å²) in [4.78, 5) is 24.7. The Bertz CT molecular complexity index is 538. The third kappa shape index (κ3) is 4.71. The molecule has 2 atom stereocenters. The number of benzene rings is 1. The SMILES string of the molecule is COc1ccc(N[C@H](C(=O)OC(C)C)[C@H]2CCCCC2=O)cc1. The van der Waals surface area contributed by atoms with E-state index in [1.54, 1.807) is 7.11 Å². The van der Waals surface area contributed by atoms with Crippen LogP contribution in [0, 0.1) is 5.92 Å². The van der Waals surface area contributed by atoms with Crippen LogP contribution < -0.4 is 10.1 Å². The lowest BCUT2D eigenvalue weighted by Crippen LogP contribution is -2.44. The normalized spacial score (nSPS) is 19.3. The number of nitrogens with one attached hydrogen (secondary N) is 1. The molecule has 0 heterocycles. The number of ketones is 1. The Morgan fingerprint density at radius 1 is 1.22 bits per heavy atom. The van der Waals surface area contributed by atoms with Crippen LogP contribution in [0.3, 0.4) is 0 Å². The third-order valence-corrected chi connectivity index (χ3v) is 4.02. The van der Waals surface area contributed by atoms with Gasteiger partial charge in [-0.05, 0) is 51.0 Å². The molecule has 0 bridgehead atoms. The molecule has 126 valence electrons. The Hall–Kier alpha value is -2.04. The topological polar surface area (TPSA) is 64.6 Å². The first-order valence-electron chi connectivity index (χ1n) is 8.15. The Balaban J connectivity index is 2.17. The van der Waals surface area contributed by atoms with E-state index >= 15 is 0 Å². The largest absolute Gasteiger partial charge is 0.497 e. The maximum Gasteiger partial charge on any atom is 0.329 e. The Morgan fingerprint density at radius 2 is 1.91 bits per heavy atom. The molecule has 0 spiro atoms. The highest BCUT2D eigenvalue weighted by atomic mass is 16.5. The van der Waals surface area contributed by atoms with Crippen LogP contribution in [0.2, 0.25) is 0 Å². The van der Waals surface area contributed by atoms with Gasteiger partial charge in [0.1, 0.15) is 17.6 Å². The van der Waals surface area contributed by atoms with Crippen molar-refractivity contribution in [2.45, 2.75) is 51.7 Å². The summed E-state index contributed by atoms with van der Waals surface area (Å²) >= 11 is 0. The molecule has 1 saturated carbocycles. The summed E-state index contributed by atoms with van der Waals surface area (Å²) in [6.07, 6.45) is 2.93. The van der Waals surface area contributed by atoms with Crippen molar-refractivity contribution in [1.29, 1.82) is 0 Å². The van der Waals surface area contributed by atoms with Crippen LogP contribution in [0.4, 0.5) is 5.69 Å². The summed E-state index contributed by atoms with van der Waals surface area (Å²) in [6, 6.07) is 6.66. The molecule has 23 heavy (non-hydrogen) atoms. The third-order valence-electron chi connectivity index (χ3n) is 4.02. The first-order valence-corrected chi connectivity index (χ1v) is 8.15. The first-order chi connectivity index (χ1) is 11.0. The molecular formula is C18H25NO4. The number of anilines is 1. The number of methoxy groups -OCH3 is 1. The zero-order valence-corrected chi connectivity index (χ0v) is 14.0. The Kier molecular flexibility index (Phi) is 6.02. The van der Waals surface area contributed by atoms with Crippen LogP contribution in [0.25, 0.3) is 0 Å². The fourth-order valence-electron chi connectivity index (χ4n) is 2.86. The molecular weight excluding hydrogens is 294 g/mol.